The zero-order chi connectivity index (χ0) is 9.84. The molecular formula is C9H11BrO3. The van der Waals surface area contributed by atoms with Gasteiger partial charge in [0.25, 0.3) is 0 Å². The minimum Gasteiger partial charge on any atom is -0.504 e. The first-order chi connectivity index (χ1) is 6.19. The molecule has 0 aromatic heterocycles. The van der Waals surface area contributed by atoms with Crippen molar-refractivity contribution in [2.75, 3.05) is 6.61 Å². The zero-order valence-corrected chi connectivity index (χ0v) is 8.84. The number of phenols is 1. The van der Waals surface area contributed by atoms with E-state index in [0.717, 1.165) is 0 Å². The number of hydrogen-bond acceptors (Lipinski definition) is 3. The summed E-state index contributed by atoms with van der Waals surface area (Å²) in [5, 5.41) is 18.3. The Morgan fingerprint density at radius 1 is 1.46 bits per heavy atom. The lowest BCUT2D eigenvalue weighted by Gasteiger charge is -2.08. The van der Waals surface area contributed by atoms with Crippen LogP contribution in [0.25, 0.3) is 0 Å². The molecule has 0 fully saturated rings. The first kappa shape index (κ1) is 10.3. The predicted octanol–water partition coefficient (Wildman–Crippen LogP) is 2.05. The molecule has 0 aliphatic rings. The van der Waals surface area contributed by atoms with Crippen LogP contribution in [0.4, 0.5) is 0 Å². The number of aliphatic hydroxyl groups is 1. The van der Waals surface area contributed by atoms with E-state index in [0.29, 0.717) is 22.4 Å². The van der Waals surface area contributed by atoms with Crippen LogP contribution in [-0.4, -0.2) is 16.8 Å². The number of phenolic OH excluding ortho intramolecular Hbond substituents is 1. The number of halogens is 1. The maximum Gasteiger partial charge on any atom is 0.161 e. The molecule has 1 rings (SSSR count). The van der Waals surface area contributed by atoms with Crippen molar-refractivity contribution >= 4 is 15.9 Å². The topological polar surface area (TPSA) is 49.7 Å². The highest BCUT2D eigenvalue weighted by molar-refractivity contribution is 9.10. The van der Waals surface area contributed by atoms with E-state index in [1.54, 1.807) is 6.07 Å². The second kappa shape index (κ2) is 4.48. The fourth-order valence-electron chi connectivity index (χ4n) is 0.977. The highest BCUT2D eigenvalue weighted by Gasteiger charge is 2.07. The van der Waals surface area contributed by atoms with Crippen LogP contribution in [0.15, 0.2) is 16.6 Å². The van der Waals surface area contributed by atoms with Crippen molar-refractivity contribution in [1.29, 1.82) is 0 Å². The Bertz CT molecular complexity index is 299. The minimum atomic E-state index is -0.0824. The van der Waals surface area contributed by atoms with E-state index in [4.69, 9.17) is 9.84 Å². The van der Waals surface area contributed by atoms with Crippen LogP contribution in [0.1, 0.15) is 12.5 Å². The molecule has 1 aromatic rings. The van der Waals surface area contributed by atoms with Crippen LogP contribution < -0.4 is 4.74 Å². The summed E-state index contributed by atoms with van der Waals surface area (Å²) < 4.78 is 5.83. The molecular weight excluding hydrogens is 236 g/mol. The molecule has 13 heavy (non-hydrogen) atoms. The number of hydrogen-bond donors (Lipinski definition) is 2. The normalized spacial score (nSPS) is 10.1. The van der Waals surface area contributed by atoms with E-state index in [-0.39, 0.29) is 12.4 Å². The Hall–Kier alpha value is -0.740. The molecule has 0 aliphatic carbocycles. The number of aromatic hydroxyl groups is 1. The summed E-state index contributed by atoms with van der Waals surface area (Å²) in [7, 11) is 0. The van der Waals surface area contributed by atoms with E-state index in [1.807, 2.05) is 6.92 Å². The van der Waals surface area contributed by atoms with E-state index < -0.39 is 0 Å². The lowest BCUT2D eigenvalue weighted by Crippen LogP contribution is -1.94. The van der Waals surface area contributed by atoms with Crippen LogP contribution >= 0.6 is 15.9 Å². The third-order valence-electron chi connectivity index (χ3n) is 1.60. The van der Waals surface area contributed by atoms with Gasteiger partial charge in [-0.05, 0) is 24.6 Å². The van der Waals surface area contributed by atoms with E-state index in [1.165, 1.54) is 6.07 Å². The quantitative estimate of drug-likeness (QED) is 0.859. The van der Waals surface area contributed by atoms with Gasteiger partial charge in [0.15, 0.2) is 11.5 Å². The van der Waals surface area contributed by atoms with E-state index in [9.17, 15) is 5.11 Å². The van der Waals surface area contributed by atoms with Gasteiger partial charge in [-0.3, -0.25) is 0 Å². The van der Waals surface area contributed by atoms with Crippen molar-refractivity contribution in [3.8, 4) is 11.5 Å². The van der Waals surface area contributed by atoms with Gasteiger partial charge >= 0.3 is 0 Å². The zero-order valence-electron chi connectivity index (χ0n) is 7.25. The third kappa shape index (κ3) is 2.35. The average Bonchev–Trinajstić information content (AvgIpc) is 2.10. The smallest absolute Gasteiger partial charge is 0.161 e. The lowest BCUT2D eigenvalue weighted by atomic mass is 10.2. The maximum atomic E-state index is 9.41. The molecule has 0 amide bonds. The van der Waals surface area contributed by atoms with Gasteiger partial charge in [-0.25, -0.2) is 0 Å². The van der Waals surface area contributed by atoms with Gasteiger partial charge in [0.1, 0.15) is 0 Å². The number of aliphatic hydroxyl groups excluding tert-OH is 1. The fraction of sp³-hybridized carbons (Fsp3) is 0.333. The van der Waals surface area contributed by atoms with Gasteiger partial charge in [0.05, 0.1) is 13.2 Å². The van der Waals surface area contributed by atoms with Crippen LogP contribution in [0.3, 0.4) is 0 Å². The van der Waals surface area contributed by atoms with Gasteiger partial charge in [-0.15, -0.1) is 0 Å². The summed E-state index contributed by atoms with van der Waals surface area (Å²) in [4.78, 5) is 0. The summed E-state index contributed by atoms with van der Waals surface area (Å²) in [6.45, 7) is 2.24. The monoisotopic (exact) mass is 246 g/mol. The maximum absolute atomic E-state index is 9.41. The molecule has 0 bridgehead atoms. The average molecular weight is 247 g/mol. The lowest BCUT2D eigenvalue weighted by molar-refractivity contribution is 0.277. The van der Waals surface area contributed by atoms with Crippen molar-refractivity contribution in [3.05, 3.63) is 22.2 Å². The van der Waals surface area contributed by atoms with Crippen molar-refractivity contribution in [3.63, 3.8) is 0 Å². The Morgan fingerprint density at radius 3 is 2.69 bits per heavy atom. The van der Waals surface area contributed by atoms with Gasteiger partial charge in [-0.2, -0.15) is 0 Å². The molecule has 3 nitrogen and oxygen atoms in total. The fourth-order valence-corrected chi connectivity index (χ4v) is 1.43. The molecule has 0 atom stereocenters. The van der Waals surface area contributed by atoms with Crippen LogP contribution in [0, 0.1) is 0 Å². The molecule has 1 aromatic carbocycles. The first-order valence-electron chi connectivity index (χ1n) is 3.94. The van der Waals surface area contributed by atoms with Gasteiger partial charge in [0.2, 0.25) is 0 Å². The summed E-state index contributed by atoms with van der Waals surface area (Å²) in [5.74, 6) is 0.473. The van der Waals surface area contributed by atoms with Gasteiger partial charge < -0.3 is 14.9 Å². The highest BCUT2D eigenvalue weighted by atomic mass is 79.9. The van der Waals surface area contributed by atoms with Gasteiger partial charge in [-0.1, -0.05) is 15.9 Å². The predicted molar refractivity (Wildman–Crippen MR) is 52.9 cm³/mol. The first-order valence-corrected chi connectivity index (χ1v) is 4.73. The number of benzene rings is 1. The van der Waals surface area contributed by atoms with E-state index >= 15 is 0 Å². The van der Waals surface area contributed by atoms with Crippen LogP contribution in [0.2, 0.25) is 0 Å². The second-order valence-electron chi connectivity index (χ2n) is 2.50. The van der Waals surface area contributed by atoms with Crippen molar-refractivity contribution in [2.24, 2.45) is 0 Å². The van der Waals surface area contributed by atoms with Crippen LogP contribution in [0.5, 0.6) is 11.5 Å². The molecule has 4 heteroatoms. The van der Waals surface area contributed by atoms with Crippen molar-refractivity contribution < 1.29 is 14.9 Å². The SMILES string of the molecule is CCOc1cc(CO)c(Br)cc1O. The minimum absolute atomic E-state index is 0.0749. The summed E-state index contributed by atoms with van der Waals surface area (Å²) in [5.41, 5.74) is 0.696. The third-order valence-corrected chi connectivity index (χ3v) is 2.34. The number of ether oxygens (including phenoxy) is 1. The molecule has 0 radical (unpaired) electrons. The number of rotatable bonds is 3. The Balaban J connectivity index is 3.06. The molecule has 72 valence electrons. The molecule has 0 saturated heterocycles. The largest absolute Gasteiger partial charge is 0.504 e. The second-order valence-corrected chi connectivity index (χ2v) is 3.36. The summed E-state index contributed by atoms with van der Waals surface area (Å²) >= 11 is 3.22. The Kier molecular flexibility index (Phi) is 3.57. The Morgan fingerprint density at radius 2 is 2.15 bits per heavy atom. The van der Waals surface area contributed by atoms with E-state index in [2.05, 4.69) is 15.9 Å². The van der Waals surface area contributed by atoms with Crippen molar-refractivity contribution in [2.45, 2.75) is 13.5 Å². The van der Waals surface area contributed by atoms with Crippen LogP contribution in [-0.2, 0) is 6.61 Å². The molecule has 0 spiro atoms. The molecule has 0 heterocycles. The summed E-state index contributed by atoms with van der Waals surface area (Å²) in [6.07, 6.45) is 0. The molecule has 0 saturated carbocycles. The molecule has 2 N–H and O–H groups in total. The standard InChI is InChI=1S/C9H11BrO3/c1-2-13-9-3-6(5-11)7(10)4-8(9)12/h3-4,11-12H,2,5H2,1H3. The van der Waals surface area contributed by atoms with Crippen molar-refractivity contribution in [1.82, 2.24) is 0 Å². The van der Waals surface area contributed by atoms with Gasteiger partial charge in [0, 0.05) is 4.47 Å². The highest BCUT2D eigenvalue weighted by Crippen LogP contribution is 2.32. The summed E-state index contributed by atoms with van der Waals surface area (Å²) in [6, 6.07) is 3.12. The Labute approximate surface area is 85.1 Å². The molecule has 0 aliphatic heterocycles. The molecule has 0 unspecified atom stereocenters.